The highest BCUT2D eigenvalue weighted by atomic mass is 16.4. The molecule has 0 spiro atoms. The Bertz CT molecular complexity index is 1090. The molecule has 0 heterocycles. The molecule has 0 unspecified atom stereocenters. The highest BCUT2D eigenvalue weighted by Crippen LogP contribution is 2.25. The Morgan fingerprint density at radius 3 is 2.07 bits per heavy atom. The molecule has 146 valence electrons. The molecule has 0 aliphatic rings. The van der Waals surface area contributed by atoms with Crippen LogP contribution in [0, 0.1) is 0 Å². The predicted octanol–water partition coefficient (Wildman–Crippen LogP) is 4.51. The third-order valence-electron chi connectivity index (χ3n) is 4.74. The van der Waals surface area contributed by atoms with Crippen molar-refractivity contribution in [1.29, 1.82) is 0 Å². The minimum absolute atomic E-state index is 0.155. The zero-order chi connectivity index (χ0) is 20.8. The number of allylic oxidation sites excluding steroid dienone is 1. The van der Waals surface area contributed by atoms with E-state index < -0.39 is 18.4 Å². The summed E-state index contributed by atoms with van der Waals surface area (Å²) in [6.45, 7) is 0. The number of carboxylic acid groups (broad SMARTS) is 2. The molecule has 5 nitrogen and oxygen atoms in total. The normalized spacial score (nSPS) is 11.7. The molecule has 0 aromatic heterocycles. The van der Waals surface area contributed by atoms with Gasteiger partial charge in [-0.05, 0) is 28.3 Å². The van der Waals surface area contributed by atoms with Crippen LogP contribution in [0.15, 0.2) is 83.9 Å². The maximum atomic E-state index is 13.1. The average Bonchev–Trinajstić information content (AvgIpc) is 2.71. The zero-order valence-corrected chi connectivity index (χ0v) is 15.7. The smallest absolute Gasteiger partial charge is 0.332 e. The zero-order valence-electron chi connectivity index (χ0n) is 15.7. The third-order valence-corrected chi connectivity index (χ3v) is 4.74. The molecule has 3 aromatic rings. The second-order valence-corrected chi connectivity index (χ2v) is 6.75. The molecule has 0 bridgehead atoms. The lowest BCUT2D eigenvalue weighted by Gasteiger charge is -2.13. The summed E-state index contributed by atoms with van der Waals surface area (Å²) in [5, 5.41) is 20.5. The summed E-state index contributed by atoms with van der Waals surface area (Å²) in [5.41, 5.74) is 1.38. The minimum Gasteiger partial charge on any atom is -0.481 e. The van der Waals surface area contributed by atoms with E-state index in [1.165, 1.54) is 0 Å². The first kappa shape index (κ1) is 20.0. The maximum Gasteiger partial charge on any atom is 0.332 e. The van der Waals surface area contributed by atoms with E-state index in [1.807, 2.05) is 60.7 Å². The van der Waals surface area contributed by atoms with E-state index in [-0.39, 0.29) is 24.2 Å². The molecule has 5 heteroatoms. The van der Waals surface area contributed by atoms with Gasteiger partial charge in [0.05, 0.1) is 6.42 Å². The average molecular weight is 388 g/mol. The number of benzene rings is 3. The topological polar surface area (TPSA) is 91.7 Å². The Kier molecular flexibility index (Phi) is 6.19. The standard InChI is InChI=1S/C24H20O5/c25-22(20-12-6-10-17-9-4-5-11-19(17)20)14-18(13-16-7-2-1-3-8-16)21(24(28)29)15-23(26)27/h1-12H,13-15H2,(H,26,27)(H,28,29). The molecule has 0 fully saturated rings. The largest absolute Gasteiger partial charge is 0.481 e. The SMILES string of the molecule is O=C(O)CC(C(=O)O)=C(CC(=O)c1cccc2ccccc12)Cc1ccccc1. The van der Waals surface area contributed by atoms with Crippen LogP contribution in [-0.4, -0.2) is 27.9 Å². The predicted molar refractivity (Wildman–Crippen MR) is 110 cm³/mol. The van der Waals surface area contributed by atoms with Gasteiger partial charge in [-0.15, -0.1) is 0 Å². The molecule has 2 N–H and O–H groups in total. The Labute approximate surface area is 167 Å². The van der Waals surface area contributed by atoms with Gasteiger partial charge >= 0.3 is 11.9 Å². The molecule has 0 saturated carbocycles. The summed E-state index contributed by atoms with van der Waals surface area (Å²) in [6, 6.07) is 22.0. The fourth-order valence-corrected chi connectivity index (χ4v) is 3.38. The lowest BCUT2D eigenvalue weighted by Crippen LogP contribution is -2.14. The molecule has 0 saturated heterocycles. The first-order valence-electron chi connectivity index (χ1n) is 9.16. The number of ketones is 1. The van der Waals surface area contributed by atoms with Crippen molar-refractivity contribution in [2.45, 2.75) is 19.3 Å². The molecule has 0 aliphatic carbocycles. The van der Waals surface area contributed by atoms with Crippen molar-refractivity contribution in [3.05, 3.63) is 95.1 Å². The van der Waals surface area contributed by atoms with Crippen LogP contribution in [0.3, 0.4) is 0 Å². The number of hydrogen-bond acceptors (Lipinski definition) is 3. The molecule has 0 radical (unpaired) electrons. The maximum absolute atomic E-state index is 13.1. The van der Waals surface area contributed by atoms with E-state index in [4.69, 9.17) is 5.11 Å². The van der Waals surface area contributed by atoms with Gasteiger partial charge < -0.3 is 10.2 Å². The van der Waals surface area contributed by atoms with Crippen molar-refractivity contribution in [2.24, 2.45) is 0 Å². The van der Waals surface area contributed by atoms with E-state index in [2.05, 4.69) is 0 Å². The molecule has 0 amide bonds. The van der Waals surface area contributed by atoms with E-state index in [1.54, 1.807) is 12.1 Å². The van der Waals surface area contributed by atoms with E-state index in [0.29, 0.717) is 11.1 Å². The van der Waals surface area contributed by atoms with Crippen molar-refractivity contribution in [3.63, 3.8) is 0 Å². The van der Waals surface area contributed by atoms with Crippen molar-refractivity contribution < 1.29 is 24.6 Å². The molecule has 0 aliphatic heterocycles. The lowest BCUT2D eigenvalue weighted by molar-refractivity contribution is -0.139. The van der Waals surface area contributed by atoms with Crippen LogP contribution in [0.5, 0.6) is 0 Å². The van der Waals surface area contributed by atoms with Crippen LogP contribution in [0.25, 0.3) is 10.8 Å². The van der Waals surface area contributed by atoms with Gasteiger partial charge in [-0.2, -0.15) is 0 Å². The molecule has 29 heavy (non-hydrogen) atoms. The minimum atomic E-state index is -1.32. The fraction of sp³-hybridized carbons (Fsp3) is 0.125. The van der Waals surface area contributed by atoms with Crippen molar-refractivity contribution in [1.82, 2.24) is 0 Å². The third kappa shape index (κ3) is 4.96. The quantitative estimate of drug-likeness (QED) is 0.438. The second kappa shape index (κ2) is 8.97. The number of carbonyl (C=O) groups is 3. The Morgan fingerprint density at radius 1 is 0.724 bits per heavy atom. The summed E-state index contributed by atoms with van der Waals surface area (Å²) in [4.78, 5) is 36.1. The van der Waals surface area contributed by atoms with Gasteiger partial charge in [0.15, 0.2) is 5.78 Å². The number of Topliss-reactive ketones (excluding diaryl/α,β-unsaturated/α-hetero) is 1. The molecule has 3 rings (SSSR count). The Hall–Kier alpha value is -3.73. The van der Waals surface area contributed by atoms with Crippen molar-refractivity contribution in [3.8, 4) is 0 Å². The Morgan fingerprint density at radius 2 is 1.38 bits per heavy atom. The summed E-state index contributed by atoms with van der Waals surface area (Å²) in [6.07, 6.45) is -0.593. The highest BCUT2D eigenvalue weighted by molar-refractivity contribution is 6.09. The summed E-state index contributed by atoms with van der Waals surface area (Å²) in [5.74, 6) is -2.80. The molecule has 3 aromatic carbocycles. The molecule has 0 atom stereocenters. The molecular weight excluding hydrogens is 368 g/mol. The van der Waals surface area contributed by atoms with Crippen LogP contribution in [0.4, 0.5) is 0 Å². The van der Waals surface area contributed by atoms with Gasteiger partial charge in [0, 0.05) is 17.6 Å². The van der Waals surface area contributed by atoms with Crippen LogP contribution >= 0.6 is 0 Å². The van der Waals surface area contributed by atoms with Gasteiger partial charge in [-0.25, -0.2) is 4.79 Å². The van der Waals surface area contributed by atoms with Crippen molar-refractivity contribution >= 4 is 28.5 Å². The first-order valence-corrected chi connectivity index (χ1v) is 9.16. The summed E-state index contributed by atoms with van der Waals surface area (Å²) in [7, 11) is 0. The number of carboxylic acids is 2. The van der Waals surface area contributed by atoms with E-state index in [0.717, 1.165) is 16.3 Å². The fourth-order valence-electron chi connectivity index (χ4n) is 3.38. The van der Waals surface area contributed by atoms with Gasteiger partial charge in [-0.3, -0.25) is 9.59 Å². The van der Waals surface area contributed by atoms with Crippen LogP contribution in [0.2, 0.25) is 0 Å². The van der Waals surface area contributed by atoms with Crippen LogP contribution < -0.4 is 0 Å². The summed E-state index contributed by atoms with van der Waals surface area (Å²) >= 11 is 0. The number of fused-ring (bicyclic) bond motifs is 1. The Balaban J connectivity index is 2.02. The van der Waals surface area contributed by atoms with E-state index >= 15 is 0 Å². The number of hydrogen-bond donors (Lipinski definition) is 2. The number of carbonyl (C=O) groups excluding carboxylic acids is 1. The van der Waals surface area contributed by atoms with Crippen LogP contribution in [-0.2, 0) is 16.0 Å². The van der Waals surface area contributed by atoms with Gasteiger partial charge in [0.25, 0.3) is 0 Å². The summed E-state index contributed by atoms with van der Waals surface area (Å²) < 4.78 is 0. The first-order chi connectivity index (χ1) is 14.0. The van der Waals surface area contributed by atoms with E-state index in [9.17, 15) is 19.5 Å². The second-order valence-electron chi connectivity index (χ2n) is 6.75. The van der Waals surface area contributed by atoms with Crippen molar-refractivity contribution in [2.75, 3.05) is 0 Å². The highest BCUT2D eigenvalue weighted by Gasteiger charge is 2.21. The molecular formula is C24H20O5. The number of aliphatic carboxylic acids is 2. The lowest BCUT2D eigenvalue weighted by atomic mass is 9.90. The number of rotatable bonds is 8. The van der Waals surface area contributed by atoms with Gasteiger partial charge in [0.1, 0.15) is 0 Å². The van der Waals surface area contributed by atoms with Crippen LogP contribution in [0.1, 0.15) is 28.8 Å². The van der Waals surface area contributed by atoms with Gasteiger partial charge in [0.2, 0.25) is 0 Å². The van der Waals surface area contributed by atoms with Gasteiger partial charge in [-0.1, -0.05) is 72.8 Å². The monoisotopic (exact) mass is 388 g/mol.